The molecule has 7 heteroatoms. The fraction of sp³-hybridized carbons (Fsp3) is 0. The van der Waals surface area contributed by atoms with E-state index in [-0.39, 0.29) is 17.0 Å². The summed E-state index contributed by atoms with van der Waals surface area (Å²) in [5, 5.41) is 29.3. The molecule has 0 aliphatic rings. The van der Waals surface area contributed by atoms with Crippen molar-refractivity contribution in [2.75, 3.05) is 5.43 Å². The van der Waals surface area contributed by atoms with E-state index in [9.17, 15) is 4.79 Å². The van der Waals surface area contributed by atoms with E-state index in [0.29, 0.717) is 4.47 Å². The average molecular weight is 293 g/mol. The van der Waals surface area contributed by atoms with E-state index in [2.05, 4.69) is 26.5 Å². The highest BCUT2D eigenvalue weighted by molar-refractivity contribution is 9.10. The van der Waals surface area contributed by atoms with Crippen LogP contribution in [0.5, 0.6) is 0 Å². The van der Waals surface area contributed by atoms with E-state index in [0.717, 1.165) is 0 Å². The van der Waals surface area contributed by atoms with Crippen LogP contribution in [0.2, 0.25) is 0 Å². The molecule has 17 heavy (non-hydrogen) atoms. The summed E-state index contributed by atoms with van der Waals surface area (Å²) in [6, 6.07) is 7.53. The van der Waals surface area contributed by atoms with Gasteiger partial charge in [0.1, 0.15) is 12.1 Å². The predicted molar refractivity (Wildman–Crippen MR) is 63.4 cm³/mol. The highest BCUT2D eigenvalue weighted by Crippen LogP contribution is 2.21. The first kappa shape index (κ1) is 12.7. The largest absolute Gasteiger partial charge is 0.478 e. The van der Waals surface area contributed by atoms with E-state index in [1.807, 2.05) is 0 Å². The summed E-state index contributed by atoms with van der Waals surface area (Å²) in [4.78, 5) is 10.9. The molecule has 1 aromatic rings. The summed E-state index contributed by atoms with van der Waals surface area (Å²) < 4.78 is 0.649. The predicted octanol–water partition coefficient (Wildman–Crippen LogP) is 1.96. The molecule has 0 unspecified atom stereocenters. The minimum absolute atomic E-state index is 0.00724. The van der Waals surface area contributed by atoms with Gasteiger partial charge in [0.15, 0.2) is 0 Å². The van der Waals surface area contributed by atoms with Crippen LogP contribution in [-0.2, 0) is 0 Å². The Kier molecular flexibility index (Phi) is 4.21. The number of hydrazone groups is 1. The van der Waals surface area contributed by atoms with Crippen LogP contribution in [0.25, 0.3) is 0 Å². The van der Waals surface area contributed by atoms with Gasteiger partial charge >= 0.3 is 5.97 Å². The molecular formula is C10H5BrN4O2. The molecule has 0 amide bonds. The average Bonchev–Trinajstić information content (AvgIpc) is 2.30. The molecule has 0 aliphatic heterocycles. The molecule has 0 radical (unpaired) electrons. The molecule has 84 valence electrons. The summed E-state index contributed by atoms with van der Waals surface area (Å²) in [7, 11) is 0. The lowest BCUT2D eigenvalue weighted by Gasteiger charge is -2.05. The summed E-state index contributed by atoms with van der Waals surface area (Å²) in [6.45, 7) is 0. The van der Waals surface area contributed by atoms with E-state index in [4.69, 9.17) is 15.6 Å². The number of nitrogens with zero attached hydrogens (tertiary/aromatic N) is 3. The molecule has 1 rings (SSSR count). The summed E-state index contributed by atoms with van der Waals surface area (Å²) in [6.07, 6.45) is 0. The minimum Gasteiger partial charge on any atom is -0.478 e. The second-order valence-corrected chi connectivity index (χ2v) is 3.71. The van der Waals surface area contributed by atoms with Gasteiger partial charge in [-0.1, -0.05) is 15.9 Å². The van der Waals surface area contributed by atoms with Crippen molar-refractivity contribution in [3.8, 4) is 12.1 Å². The SMILES string of the molecule is N#CC(C#N)=NNc1cc(Br)ccc1C(=O)O. The number of nitriles is 2. The molecule has 0 spiro atoms. The molecule has 0 saturated carbocycles. The molecule has 2 N–H and O–H groups in total. The van der Waals surface area contributed by atoms with Gasteiger partial charge in [-0.25, -0.2) is 4.79 Å². The lowest BCUT2D eigenvalue weighted by atomic mass is 10.2. The zero-order valence-electron chi connectivity index (χ0n) is 8.31. The third kappa shape index (κ3) is 3.30. The second kappa shape index (κ2) is 5.64. The quantitative estimate of drug-likeness (QED) is 0.654. The first-order chi connectivity index (χ1) is 8.08. The van der Waals surface area contributed by atoms with Gasteiger partial charge < -0.3 is 5.11 Å². The number of carbonyl (C=O) groups is 1. The zero-order chi connectivity index (χ0) is 12.8. The number of rotatable bonds is 3. The zero-order valence-corrected chi connectivity index (χ0v) is 9.89. The lowest BCUT2D eigenvalue weighted by molar-refractivity contribution is 0.0698. The Morgan fingerprint density at radius 2 is 2.06 bits per heavy atom. The number of nitrogens with one attached hydrogen (secondary N) is 1. The fourth-order valence-electron chi connectivity index (χ4n) is 0.987. The maximum absolute atomic E-state index is 10.9. The number of carboxylic acid groups (broad SMARTS) is 1. The summed E-state index contributed by atoms with van der Waals surface area (Å²) in [5.74, 6) is -1.13. The first-order valence-electron chi connectivity index (χ1n) is 4.25. The molecular weight excluding hydrogens is 288 g/mol. The molecule has 6 nitrogen and oxygen atoms in total. The maximum atomic E-state index is 10.9. The van der Waals surface area contributed by atoms with Crippen LogP contribution in [0.1, 0.15) is 10.4 Å². The normalized spacial score (nSPS) is 8.65. The van der Waals surface area contributed by atoms with E-state index in [1.165, 1.54) is 12.1 Å². The van der Waals surface area contributed by atoms with Crippen molar-refractivity contribution in [1.82, 2.24) is 0 Å². The molecule has 0 fully saturated rings. The van der Waals surface area contributed by atoms with Crippen LogP contribution in [0.4, 0.5) is 5.69 Å². The van der Waals surface area contributed by atoms with E-state index >= 15 is 0 Å². The third-order valence-electron chi connectivity index (χ3n) is 1.71. The standard InChI is InChI=1S/C10H5BrN4O2/c11-6-1-2-8(10(16)17)9(3-6)15-14-7(4-12)5-13/h1-3,15H,(H,16,17). The highest BCUT2D eigenvalue weighted by atomic mass is 79.9. The van der Waals surface area contributed by atoms with Gasteiger partial charge in [0.2, 0.25) is 5.71 Å². The number of hydrogen-bond acceptors (Lipinski definition) is 5. The van der Waals surface area contributed by atoms with Crippen molar-refractivity contribution >= 4 is 33.3 Å². The van der Waals surface area contributed by atoms with Gasteiger partial charge in [-0.05, 0) is 18.2 Å². The Morgan fingerprint density at radius 1 is 1.41 bits per heavy atom. The van der Waals surface area contributed by atoms with E-state index in [1.54, 1.807) is 18.2 Å². The molecule has 0 aromatic heterocycles. The number of aromatic carboxylic acids is 1. The number of anilines is 1. The van der Waals surface area contributed by atoms with Crippen LogP contribution in [-0.4, -0.2) is 16.8 Å². The summed E-state index contributed by atoms with van der Waals surface area (Å²) >= 11 is 3.18. The van der Waals surface area contributed by atoms with Crippen LogP contribution in [0.15, 0.2) is 27.8 Å². The molecule has 0 bridgehead atoms. The van der Waals surface area contributed by atoms with Gasteiger partial charge in [0, 0.05) is 4.47 Å². The molecule has 1 aromatic carbocycles. The third-order valence-corrected chi connectivity index (χ3v) is 2.21. The van der Waals surface area contributed by atoms with Gasteiger partial charge in [-0.2, -0.15) is 15.6 Å². The monoisotopic (exact) mass is 292 g/mol. The van der Waals surface area contributed by atoms with Crippen molar-refractivity contribution in [2.24, 2.45) is 5.10 Å². The van der Waals surface area contributed by atoms with Crippen molar-refractivity contribution in [3.05, 3.63) is 28.2 Å². The van der Waals surface area contributed by atoms with Gasteiger partial charge in [-0.3, -0.25) is 5.43 Å². The molecule has 0 aliphatic carbocycles. The fourth-order valence-corrected chi connectivity index (χ4v) is 1.35. The van der Waals surface area contributed by atoms with E-state index < -0.39 is 5.97 Å². The first-order valence-corrected chi connectivity index (χ1v) is 5.04. The second-order valence-electron chi connectivity index (χ2n) is 2.79. The van der Waals surface area contributed by atoms with Crippen LogP contribution in [0.3, 0.4) is 0 Å². The number of hydrogen-bond donors (Lipinski definition) is 2. The molecule has 0 saturated heterocycles. The smallest absolute Gasteiger partial charge is 0.337 e. The topological polar surface area (TPSA) is 109 Å². The molecule has 0 heterocycles. The van der Waals surface area contributed by atoms with Crippen LogP contribution < -0.4 is 5.43 Å². The van der Waals surface area contributed by atoms with Crippen LogP contribution >= 0.6 is 15.9 Å². The van der Waals surface area contributed by atoms with Gasteiger partial charge in [-0.15, -0.1) is 0 Å². The number of benzene rings is 1. The van der Waals surface area contributed by atoms with Crippen molar-refractivity contribution in [3.63, 3.8) is 0 Å². The van der Waals surface area contributed by atoms with Crippen molar-refractivity contribution < 1.29 is 9.90 Å². The number of halogens is 1. The van der Waals surface area contributed by atoms with Gasteiger partial charge in [0.05, 0.1) is 11.3 Å². The Bertz CT molecular complexity index is 553. The van der Waals surface area contributed by atoms with Gasteiger partial charge in [0.25, 0.3) is 0 Å². The number of carboxylic acids is 1. The van der Waals surface area contributed by atoms with Crippen molar-refractivity contribution in [1.29, 1.82) is 10.5 Å². The van der Waals surface area contributed by atoms with Crippen LogP contribution in [0, 0.1) is 22.7 Å². The molecule has 0 atom stereocenters. The maximum Gasteiger partial charge on any atom is 0.337 e. The highest BCUT2D eigenvalue weighted by Gasteiger charge is 2.10. The Hall–Kier alpha value is -2.38. The summed E-state index contributed by atoms with van der Waals surface area (Å²) in [5.41, 5.74) is 2.16. The Morgan fingerprint density at radius 3 is 2.59 bits per heavy atom. The minimum atomic E-state index is -1.13. The Labute approximate surface area is 105 Å². The lowest BCUT2D eigenvalue weighted by Crippen LogP contribution is -2.04. The Balaban J connectivity index is 3.11. The van der Waals surface area contributed by atoms with Crippen molar-refractivity contribution in [2.45, 2.75) is 0 Å².